The van der Waals surface area contributed by atoms with Gasteiger partial charge in [0.05, 0.1) is 6.07 Å². The van der Waals surface area contributed by atoms with E-state index in [-0.39, 0.29) is 0 Å². The van der Waals surface area contributed by atoms with Crippen molar-refractivity contribution in [2.75, 3.05) is 19.0 Å². The summed E-state index contributed by atoms with van der Waals surface area (Å²) >= 11 is 1.75. The van der Waals surface area contributed by atoms with Gasteiger partial charge in [-0.15, -0.1) is 0 Å². The van der Waals surface area contributed by atoms with E-state index in [1.165, 1.54) is 27.3 Å². The molecule has 0 radical (unpaired) electrons. The molecule has 0 unspecified atom stereocenters. The first-order valence-corrected chi connectivity index (χ1v) is 9.05. The van der Waals surface area contributed by atoms with E-state index in [1.807, 2.05) is 14.1 Å². The van der Waals surface area contributed by atoms with Crippen molar-refractivity contribution in [3.05, 3.63) is 65.1 Å². The van der Waals surface area contributed by atoms with Crippen LogP contribution in [0.15, 0.2) is 58.8 Å². The van der Waals surface area contributed by atoms with Crippen LogP contribution in [0.3, 0.4) is 0 Å². The molecule has 2 aromatic carbocycles. The predicted octanol–water partition coefficient (Wildman–Crippen LogP) is 5.89. The summed E-state index contributed by atoms with van der Waals surface area (Å²) in [6.07, 6.45) is 2.42. The average Bonchev–Trinajstić information content (AvgIpc) is 2.59. The molecule has 0 bridgehead atoms. The van der Waals surface area contributed by atoms with Crippen molar-refractivity contribution in [1.82, 2.24) is 0 Å². The van der Waals surface area contributed by atoms with Gasteiger partial charge in [0.1, 0.15) is 0 Å². The number of rotatable bonds is 7. The maximum atomic E-state index is 8.80. The van der Waals surface area contributed by atoms with Gasteiger partial charge in [-0.1, -0.05) is 41.6 Å². The summed E-state index contributed by atoms with van der Waals surface area (Å²) < 4.78 is 0. The average molecular weight is 337 g/mol. The number of benzene rings is 2. The summed E-state index contributed by atoms with van der Waals surface area (Å²) in [5.41, 5.74) is 5.00. The third-order valence-corrected chi connectivity index (χ3v) is 4.79. The van der Waals surface area contributed by atoms with E-state index in [1.54, 1.807) is 11.8 Å². The van der Waals surface area contributed by atoms with Crippen LogP contribution in [0.2, 0.25) is 0 Å². The molecule has 0 aliphatic heterocycles. The van der Waals surface area contributed by atoms with Gasteiger partial charge in [0.2, 0.25) is 0 Å². The van der Waals surface area contributed by atoms with E-state index in [0.29, 0.717) is 6.42 Å². The monoisotopic (exact) mass is 336 g/mol. The molecule has 0 amide bonds. The Morgan fingerprint density at radius 1 is 1.08 bits per heavy atom. The third-order valence-electron chi connectivity index (χ3n) is 3.85. The molecule has 0 saturated heterocycles. The minimum atomic E-state index is 0.600. The molecule has 0 atom stereocenters. The summed E-state index contributed by atoms with van der Waals surface area (Å²) in [4.78, 5) is 3.34. The Kier molecular flexibility index (Phi) is 6.96. The Morgan fingerprint density at radius 3 is 2.33 bits per heavy atom. The number of unbranched alkanes of at least 4 members (excludes halogenated alkanes) is 1. The van der Waals surface area contributed by atoms with E-state index in [2.05, 4.69) is 71.8 Å². The van der Waals surface area contributed by atoms with Gasteiger partial charge in [-0.3, -0.25) is 0 Å². The topological polar surface area (TPSA) is 27.0 Å². The Balaban J connectivity index is 2.18. The van der Waals surface area contributed by atoms with Crippen LogP contribution in [-0.2, 0) is 0 Å². The predicted molar refractivity (Wildman–Crippen MR) is 105 cm³/mol. The first kappa shape index (κ1) is 18.2. The van der Waals surface area contributed by atoms with Crippen LogP contribution in [0.5, 0.6) is 0 Å². The zero-order valence-corrected chi connectivity index (χ0v) is 15.4. The quantitative estimate of drug-likeness (QED) is 0.466. The van der Waals surface area contributed by atoms with Crippen molar-refractivity contribution in [2.24, 2.45) is 0 Å². The third kappa shape index (κ3) is 5.47. The lowest BCUT2D eigenvalue weighted by Crippen LogP contribution is -2.08. The van der Waals surface area contributed by atoms with Crippen molar-refractivity contribution in [3.63, 3.8) is 0 Å². The van der Waals surface area contributed by atoms with Crippen molar-refractivity contribution in [2.45, 2.75) is 31.1 Å². The highest BCUT2D eigenvalue weighted by Gasteiger charge is 2.04. The molecule has 0 N–H and O–H groups in total. The molecule has 3 heteroatoms. The number of allylic oxidation sites excluding steroid dienone is 1. The van der Waals surface area contributed by atoms with Crippen LogP contribution in [0.25, 0.3) is 5.57 Å². The van der Waals surface area contributed by atoms with Gasteiger partial charge in [-0.05, 0) is 60.6 Å². The van der Waals surface area contributed by atoms with Crippen LogP contribution in [-0.4, -0.2) is 14.1 Å². The number of nitrogens with zero attached hydrogens (tertiary/aromatic N) is 2. The van der Waals surface area contributed by atoms with Crippen LogP contribution in [0, 0.1) is 18.3 Å². The molecule has 2 rings (SSSR count). The Morgan fingerprint density at radius 2 is 1.75 bits per heavy atom. The minimum Gasteiger partial charge on any atom is -0.378 e. The molecule has 24 heavy (non-hydrogen) atoms. The van der Waals surface area contributed by atoms with E-state index in [9.17, 15) is 0 Å². The standard InChI is InChI=1S/C21H24N2S/c1-17-7-13-21(14-8-17)24-16-19(6-4-5-15-22)18-9-11-20(12-10-18)23(2)3/h7-14,16H,4-6H2,1-3H3. The lowest BCUT2D eigenvalue weighted by molar-refractivity contribution is 0.889. The Bertz CT molecular complexity index is 707. The molecule has 0 fully saturated rings. The largest absolute Gasteiger partial charge is 0.378 e. The Labute approximate surface area is 149 Å². The summed E-state index contributed by atoms with van der Waals surface area (Å²) in [5, 5.41) is 11.0. The molecule has 0 saturated carbocycles. The molecular weight excluding hydrogens is 312 g/mol. The normalized spacial score (nSPS) is 11.2. The molecule has 0 aliphatic rings. The zero-order valence-electron chi connectivity index (χ0n) is 14.6. The second-order valence-electron chi connectivity index (χ2n) is 6.03. The molecule has 0 aromatic heterocycles. The van der Waals surface area contributed by atoms with Gasteiger partial charge < -0.3 is 4.90 Å². The second kappa shape index (κ2) is 9.20. The molecule has 0 spiro atoms. The van der Waals surface area contributed by atoms with Gasteiger partial charge in [-0.25, -0.2) is 0 Å². The van der Waals surface area contributed by atoms with Gasteiger partial charge in [0.25, 0.3) is 0 Å². The molecule has 0 heterocycles. The van der Waals surface area contributed by atoms with Crippen LogP contribution in [0.4, 0.5) is 5.69 Å². The van der Waals surface area contributed by atoms with Gasteiger partial charge in [0.15, 0.2) is 0 Å². The zero-order chi connectivity index (χ0) is 17.4. The number of aryl methyl sites for hydroxylation is 1. The van der Waals surface area contributed by atoms with E-state index in [0.717, 1.165) is 12.8 Å². The SMILES string of the molecule is Cc1ccc(SC=C(CCCC#N)c2ccc(N(C)C)cc2)cc1. The number of thioether (sulfide) groups is 1. The van der Waals surface area contributed by atoms with E-state index >= 15 is 0 Å². The lowest BCUT2D eigenvalue weighted by atomic mass is 10.0. The minimum absolute atomic E-state index is 0.600. The first-order valence-electron chi connectivity index (χ1n) is 8.17. The summed E-state index contributed by atoms with van der Waals surface area (Å²) in [6.45, 7) is 2.10. The number of hydrogen-bond donors (Lipinski definition) is 0. The van der Waals surface area contributed by atoms with E-state index in [4.69, 9.17) is 5.26 Å². The van der Waals surface area contributed by atoms with Gasteiger partial charge >= 0.3 is 0 Å². The highest BCUT2D eigenvalue weighted by molar-refractivity contribution is 8.02. The fraction of sp³-hybridized carbons (Fsp3) is 0.286. The van der Waals surface area contributed by atoms with Crippen molar-refractivity contribution in [3.8, 4) is 6.07 Å². The van der Waals surface area contributed by atoms with Crippen molar-refractivity contribution >= 4 is 23.0 Å². The molecule has 124 valence electrons. The van der Waals surface area contributed by atoms with Crippen LogP contribution >= 0.6 is 11.8 Å². The van der Waals surface area contributed by atoms with Crippen molar-refractivity contribution in [1.29, 1.82) is 5.26 Å². The molecule has 0 aliphatic carbocycles. The van der Waals surface area contributed by atoms with E-state index < -0.39 is 0 Å². The highest BCUT2D eigenvalue weighted by Crippen LogP contribution is 2.29. The lowest BCUT2D eigenvalue weighted by Gasteiger charge is -2.14. The molecule has 2 nitrogen and oxygen atoms in total. The second-order valence-corrected chi connectivity index (χ2v) is 6.97. The fourth-order valence-corrected chi connectivity index (χ4v) is 3.18. The number of anilines is 1. The van der Waals surface area contributed by atoms with Crippen LogP contribution in [0.1, 0.15) is 30.4 Å². The maximum absolute atomic E-state index is 8.80. The smallest absolute Gasteiger partial charge is 0.0621 e. The van der Waals surface area contributed by atoms with Crippen molar-refractivity contribution < 1.29 is 0 Å². The summed E-state index contributed by atoms with van der Waals surface area (Å²) in [5.74, 6) is 0. The fourth-order valence-electron chi connectivity index (χ4n) is 2.36. The number of nitriles is 1. The van der Waals surface area contributed by atoms with Gasteiger partial charge in [-0.2, -0.15) is 5.26 Å². The summed E-state index contributed by atoms with van der Waals surface area (Å²) in [7, 11) is 4.10. The Hall–Kier alpha value is -2.18. The van der Waals surface area contributed by atoms with Gasteiger partial charge in [0, 0.05) is 31.1 Å². The first-order chi connectivity index (χ1) is 11.6. The highest BCUT2D eigenvalue weighted by atomic mass is 32.2. The maximum Gasteiger partial charge on any atom is 0.0621 e. The molecule has 2 aromatic rings. The number of hydrogen-bond acceptors (Lipinski definition) is 3. The molecular formula is C21H24N2S. The van der Waals surface area contributed by atoms with Crippen LogP contribution < -0.4 is 4.90 Å². The summed E-state index contributed by atoms with van der Waals surface area (Å²) in [6, 6.07) is 19.4.